The molecule has 0 unspecified atom stereocenters. The third-order valence-electron chi connectivity index (χ3n) is 4.19. The molecule has 0 atom stereocenters. The van der Waals surface area contributed by atoms with Gasteiger partial charge >= 0.3 is 0 Å². The van der Waals surface area contributed by atoms with Crippen molar-refractivity contribution in [2.75, 3.05) is 6.54 Å². The number of aromatic amines is 1. The molecule has 0 radical (unpaired) electrons. The van der Waals surface area contributed by atoms with Crippen LogP contribution in [0.15, 0.2) is 17.5 Å². The van der Waals surface area contributed by atoms with Crippen molar-refractivity contribution >= 4 is 11.7 Å². The summed E-state index contributed by atoms with van der Waals surface area (Å²) < 4.78 is 0. The highest BCUT2D eigenvalue weighted by atomic mass is 16.4. The molecule has 21 heavy (non-hydrogen) atoms. The lowest BCUT2D eigenvalue weighted by molar-refractivity contribution is -0.128. The molecule has 7 heteroatoms. The van der Waals surface area contributed by atoms with Gasteiger partial charge in [-0.25, -0.2) is 4.98 Å². The Morgan fingerprint density at radius 1 is 1.43 bits per heavy atom. The van der Waals surface area contributed by atoms with Crippen molar-refractivity contribution in [2.24, 2.45) is 16.3 Å². The minimum absolute atomic E-state index is 0.0277. The fraction of sp³-hybridized carbons (Fsp3) is 0.643. The molecule has 1 saturated carbocycles. The fourth-order valence-corrected chi connectivity index (χ4v) is 2.93. The Bertz CT molecular complexity index is 476. The summed E-state index contributed by atoms with van der Waals surface area (Å²) in [5.41, 5.74) is 4.97. The zero-order chi connectivity index (χ0) is 15.1. The lowest BCUT2D eigenvalue weighted by Gasteiger charge is -2.29. The Morgan fingerprint density at radius 2 is 2.14 bits per heavy atom. The van der Waals surface area contributed by atoms with E-state index in [4.69, 9.17) is 10.9 Å². The molecule has 1 fully saturated rings. The van der Waals surface area contributed by atoms with Crippen LogP contribution in [0.5, 0.6) is 0 Å². The third kappa shape index (κ3) is 3.53. The second kappa shape index (κ2) is 7.10. The van der Waals surface area contributed by atoms with Gasteiger partial charge in [0.2, 0.25) is 5.91 Å². The van der Waals surface area contributed by atoms with Gasteiger partial charge in [0.05, 0.1) is 0 Å². The molecule has 7 nitrogen and oxygen atoms in total. The van der Waals surface area contributed by atoms with Gasteiger partial charge in [-0.15, -0.1) is 0 Å². The van der Waals surface area contributed by atoms with Gasteiger partial charge in [0.25, 0.3) is 0 Å². The number of nitrogens with one attached hydrogen (secondary N) is 2. The van der Waals surface area contributed by atoms with Gasteiger partial charge in [-0.05, 0) is 12.8 Å². The van der Waals surface area contributed by atoms with Crippen molar-refractivity contribution < 1.29 is 10.0 Å². The van der Waals surface area contributed by atoms with E-state index in [1.807, 2.05) is 0 Å². The van der Waals surface area contributed by atoms with Crippen molar-refractivity contribution in [3.05, 3.63) is 18.2 Å². The van der Waals surface area contributed by atoms with Gasteiger partial charge in [0, 0.05) is 25.4 Å². The number of nitrogens with two attached hydrogens (primary N) is 1. The number of hydrogen-bond acceptors (Lipinski definition) is 4. The first-order chi connectivity index (χ1) is 10.2. The Labute approximate surface area is 124 Å². The van der Waals surface area contributed by atoms with Gasteiger partial charge in [0.15, 0.2) is 5.84 Å². The molecule has 5 N–H and O–H groups in total. The maximum absolute atomic E-state index is 12.6. The standard InChI is InChI=1S/C14H23N5O2/c15-12(19-21)14(6-3-1-2-4-7-14)13(20)18-8-5-11-16-9-10-17-11/h9-10,21H,1-8H2,(H2,15,19)(H,16,17)(H,18,20). The summed E-state index contributed by atoms with van der Waals surface area (Å²) in [7, 11) is 0. The number of aromatic nitrogens is 2. The molecule has 0 aromatic carbocycles. The smallest absolute Gasteiger partial charge is 0.233 e. The lowest BCUT2D eigenvalue weighted by atomic mass is 9.78. The highest BCUT2D eigenvalue weighted by molar-refractivity contribution is 6.06. The first-order valence-electron chi connectivity index (χ1n) is 7.43. The number of H-pyrrole nitrogens is 1. The number of nitrogens with zero attached hydrogens (tertiary/aromatic N) is 2. The molecule has 0 bridgehead atoms. The van der Waals surface area contributed by atoms with Crippen LogP contribution in [0.4, 0.5) is 0 Å². The van der Waals surface area contributed by atoms with Gasteiger partial charge in [0.1, 0.15) is 11.2 Å². The topological polar surface area (TPSA) is 116 Å². The van der Waals surface area contributed by atoms with E-state index >= 15 is 0 Å². The summed E-state index contributed by atoms with van der Waals surface area (Å²) >= 11 is 0. The van der Waals surface area contributed by atoms with Crippen molar-refractivity contribution in [1.82, 2.24) is 15.3 Å². The number of oxime groups is 1. The maximum atomic E-state index is 12.6. The Kier molecular flexibility index (Phi) is 5.19. The zero-order valence-corrected chi connectivity index (χ0v) is 12.1. The SMILES string of the molecule is N/C(=N/O)C1(C(=O)NCCc2ncc[nH]2)CCCCCC1. The van der Waals surface area contributed by atoms with E-state index in [1.165, 1.54) is 0 Å². The van der Waals surface area contributed by atoms with E-state index in [1.54, 1.807) is 12.4 Å². The molecule has 0 aliphatic heterocycles. The number of carbonyl (C=O) groups excluding carboxylic acids is 1. The number of amides is 1. The molecule has 1 aromatic rings. The molecule has 0 spiro atoms. The van der Waals surface area contributed by atoms with Gasteiger partial charge in [-0.3, -0.25) is 4.79 Å². The summed E-state index contributed by atoms with van der Waals surface area (Å²) in [6.07, 6.45) is 9.33. The van der Waals surface area contributed by atoms with Gasteiger partial charge < -0.3 is 21.2 Å². The molecule has 0 saturated heterocycles. The second-order valence-electron chi connectivity index (χ2n) is 5.52. The minimum atomic E-state index is -0.867. The second-order valence-corrected chi connectivity index (χ2v) is 5.52. The van der Waals surface area contributed by atoms with Crippen molar-refractivity contribution in [1.29, 1.82) is 0 Å². The first kappa shape index (κ1) is 15.3. The van der Waals surface area contributed by atoms with E-state index in [-0.39, 0.29) is 11.7 Å². The number of amidine groups is 1. The van der Waals surface area contributed by atoms with Crippen LogP contribution in [0.2, 0.25) is 0 Å². The summed E-state index contributed by atoms with van der Waals surface area (Å²) in [5, 5.41) is 15.1. The van der Waals surface area contributed by atoms with Crippen LogP contribution >= 0.6 is 0 Å². The molecule has 1 aromatic heterocycles. The maximum Gasteiger partial charge on any atom is 0.233 e. The molecule has 116 valence electrons. The van der Waals surface area contributed by atoms with Crippen molar-refractivity contribution in [3.63, 3.8) is 0 Å². The molecule has 1 amide bonds. The molecule has 1 heterocycles. The first-order valence-corrected chi connectivity index (χ1v) is 7.43. The predicted molar refractivity (Wildman–Crippen MR) is 78.8 cm³/mol. The van der Waals surface area contributed by atoms with Crippen LogP contribution in [0.3, 0.4) is 0 Å². The Balaban J connectivity index is 2.00. The lowest BCUT2D eigenvalue weighted by Crippen LogP contribution is -2.50. The fourth-order valence-electron chi connectivity index (χ4n) is 2.93. The molecular formula is C14H23N5O2. The van der Waals surface area contributed by atoms with Crippen LogP contribution in [0.1, 0.15) is 44.3 Å². The predicted octanol–water partition coefficient (Wildman–Crippen LogP) is 1.16. The van der Waals surface area contributed by atoms with Gasteiger partial charge in [-0.2, -0.15) is 0 Å². The van der Waals surface area contributed by atoms with Crippen LogP contribution in [0.25, 0.3) is 0 Å². The summed E-state index contributed by atoms with van der Waals surface area (Å²) in [4.78, 5) is 19.7. The van der Waals surface area contributed by atoms with E-state index in [0.717, 1.165) is 31.5 Å². The van der Waals surface area contributed by atoms with Crippen LogP contribution in [-0.4, -0.2) is 33.5 Å². The molecule has 2 rings (SSSR count). The van der Waals surface area contributed by atoms with Crippen molar-refractivity contribution in [3.8, 4) is 0 Å². The quantitative estimate of drug-likeness (QED) is 0.214. The summed E-state index contributed by atoms with van der Waals surface area (Å²) in [6, 6.07) is 0. The van der Waals surface area contributed by atoms with E-state index in [9.17, 15) is 4.79 Å². The average molecular weight is 293 g/mol. The highest BCUT2D eigenvalue weighted by Gasteiger charge is 2.42. The summed E-state index contributed by atoms with van der Waals surface area (Å²) in [6.45, 7) is 0.479. The number of carbonyl (C=O) groups is 1. The number of imidazole rings is 1. The van der Waals surface area contributed by atoms with Crippen LogP contribution in [0, 0.1) is 5.41 Å². The van der Waals surface area contributed by atoms with E-state index in [0.29, 0.717) is 25.8 Å². The van der Waals surface area contributed by atoms with E-state index < -0.39 is 5.41 Å². The molecule has 1 aliphatic rings. The average Bonchev–Trinajstić information content (AvgIpc) is 2.88. The monoisotopic (exact) mass is 293 g/mol. The Morgan fingerprint density at radius 3 is 2.71 bits per heavy atom. The molecule has 1 aliphatic carbocycles. The largest absolute Gasteiger partial charge is 0.409 e. The number of rotatable bonds is 5. The summed E-state index contributed by atoms with van der Waals surface area (Å²) in [5.74, 6) is 0.708. The minimum Gasteiger partial charge on any atom is -0.409 e. The number of hydrogen-bond donors (Lipinski definition) is 4. The normalized spacial score (nSPS) is 19.0. The van der Waals surface area contributed by atoms with Crippen molar-refractivity contribution in [2.45, 2.75) is 44.9 Å². The highest BCUT2D eigenvalue weighted by Crippen LogP contribution is 2.35. The van der Waals surface area contributed by atoms with Gasteiger partial charge in [-0.1, -0.05) is 30.8 Å². The van der Waals surface area contributed by atoms with Crippen LogP contribution < -0.4 is 11.1 Å². The van der Waals surface area contributed by atoms with Crippen LogP contribution in [-0.2, 0) is 11.2 Å². The Hall–Kier alpha value is -2.05. The zero-order valence-electron chi connectivity index (χ0n) is 12.1. The van der Waals surface area contributed by atoms with E-state index in [2.05, 4.69) is 20.4 Å². The molecular weight excluding hydrogens is 270 g/mol. The third-order valence-corrected chi connectivity index (χ3v) is 4.19.